The molecule has 0 saturated heterocycles. The molecule has 0 aliphatic carbocycles. The van der Waals surface area contributed by atoms with E-state index in [0.29, 0.717) is 18.8 Å². The summed E-state index contributed by atoms with van der Waals surface area (Å²) in [7, 11) is 0. The summed E-state index contributed by atoms with van der Waals surface area (Å²) in [5.74, 6) is 0.405. The van der Waals surface area contributed by atoms with E-state index in [1.807, 2.05) is 37.3 Å². The fraction of sp³-hybridized carbons (Fsp3) is 0.190. The van der Waals surface area contributed by atoms with Crippen LogP contribution in [0.3, 0.4) is 0 Å². The first-order chi connectivity index (χ1) is 13.7. The van der Waals surface area contributed by atoms with E-state index in [9.17, 15) is 4.79 Å². The molecule has 0 radical (unpaired) electrons. The molecular formula is C21H18N6O. The molecule has 4 aromatic rings. The third-order valence-corrected chi connectivity index (χ3v) is 5.02. The maximum atomic E-state index is 12.3. The quantitative estimate of drug-likeness (QED) is 0.586. The highest BCUT2D eigenvalue weighted by Gasteiger charge is 2.29. The number of aryl methyl sites for hydroxylation is 1. The van der Waals surface area contributed by atoms with E-state index in [1.165, 1.54) is 0 Å². The Balaban J connectivity index is 1.62. The predicted molar refractivity (Wildman–Crippen MR) is 103 cm³/mol. The van der Waals surface area contributed by atoms with E-state index in [-0.39, 0.29) is 11.8 Å². The summed E-state index contributed by atoms with van der Waals surface area (Å²) in [5, 5.41) is 2.95. The molecule has 0 unspecified atom stereocenters. The molecule has 7 nitrogen and oxygen atoms in total. The average molecular weight is 370 g/mol. The smallest absolute Gasteiger partial charge is 0.221 e. The van der Waals surface area contributed by atoms with E-state index >= 15 is 0 Å². The molecule has 1 aliphatic rings. The number of carbonyl (C=O) groups excluding carboxylic acids is 1. The van der Waals surface area contributed by atoms with Gasteiger partial charge in [-0.1, -0.05) is 12.1 Å². The van der Waals surface area contributed by atoms with Crippen LogP contribution < -0.4 is 5.32 Å². The SMILES string of the molecule is Cc1ccc2nc3c(n2c1)[C@H](c1cnc(-c2ccccn2)nc1)CC(=O)NC3. The first kappa shape index (κ1) is 16.6. The summed E-state index contributed by atoms with van der Waals surface area (Å²) < 4.78 is 2.09. The molecule has 1 amide bonds. The zero-order valence-corrected chi connectivity index (χ0v) is 15.3. The van der Waals surface area contributed by atoms with Gasteiger partial charge < -0.3 is 9.72 Å². The number of fused-ring (bicyclic) bond motifs is 3. The van der Waals surface area contributed by atoms with Crippen molar-refractivity contribution in [2.75, 3.05) is 0 Å². The molecule has 7 heteroatoms. The number of nitrogens with one attached hydrogen (secondary N) is 1. The number of pyridine rings is 2. The van der Waals surface area contributed by atoms with Crippen molar-refractivity contribution in [1.82, 2.24) is 29.7 Å². The molecule has 0 spiro atoms. The molecule has 28 heavy (non-hydrogen) atoms. The van der Waals surface area contributed by atoms with Crippen LogP contribution in [0.1, 0.15) is 34.9 Å². The van der Waals surface area contributed by atoms with Crippen LogP contribution in [0.15, 0.2) is 55.1 Å². The predicted octanol–water partition coefficient (Wildman–Crippen LogP) is 2.65. The first-order valence-corrected chi connectivity index (χ1v) is 9.16. The Bertz CT molecular complexity index is 1170. The molecule has 0 aromatic carbocycles. The normalized spacial score (nSPS) is 16.5. The van der Waals surface area contributed by atoms with Crippen LogP contribution in [-0.4, -0.2) is 30.2 Å². The van der Waals surface area contributed by atoms with Crippen LogP contribution in [0.25, 0.3) is 17.2 Å². The van der Waals surface area contributed by atoms with Gasteiger partial charge in [0, 0.05) is 37.1 Å². The Labute approximate surface area is 161 Å². The van der Waals surface area contributed by atoms with Gasteiger partial charge in [-0.25, -0.2) is 15.0 Å². The molecule has 0 saturated carbocycles. The lowest BCUT2D eigenvalue weighted by molar-refractivity contribution is -0.121. The molecule has 4 aromatic heterocycles. The van der Waals surface area contributed by atoms with Gasteiger partial charge in [-0.3, -0.25) is 9.78 Å². The molecule has 0 bridgehead atoms. The van der Waals surface area contributed by atoms with Crippen molar-refractivity contribution in [3.05, 3.63) is 77.6 Å². The van der Waals surface area contributed by atoms with Crippen molar-refractivity contribution >= 4 is 11.6 Å². The number of aromatic nitrogens is 5. The van der Waals surface area contributed by atoms with Gasteiger partial charge in [0.2, 0.25) is 5.91 Å². The highest BCUT2D eigenvalue weighted by Crippen LogP contribution is 2.33. The van der Waals surface area contributed by atoms with Gasteiger partial charge in [-0.2, -0.15) is 0 Å². The minimum absolute atomic E-state index is 0.00166. The first-order valence-electron chi connectivity index (χ1n) is 9.16. The Kier molecular flexibility index (Phi) is 3.86. The minimum Gasteiger partial charge on any atom is -0.350 e. The fourth-order valence-electron chi connectivity index (χ4n) is 3.67. The molecule has 1 aliphatic heterocycles. The summed E-state index contributed by atoms with van der Waals surface area (Å²) in [6.07, 6.45) is 7.70. The molecule has 1 N–H and O–H groups in total. The number of hydrogen-bond donors (Lipinski definition) is 1. The van der Waals surface area contributed by atoms with Crippen LogP contribution >= 0.6 is 0 Å². The standard InChI is InChI=1S/C21H18N6O/c1-13-5-6-18-26-17-11-23-19(28)8-15(20(17)27(18)12-13)14-9-24-21(25-10-14)16-4-2-3-7-22-16/h2-7,9-10,12,15H,8,11H2,1H3,(H,23,28)/t15-/m0/s1. The average Bonchev–Trinajstić information content (AvgIpc) is 2.99. The van der Waals surface area contributed by atoms with Gasteiger partial charge in [0.25, 0.3) is 0 Å². The lowest BCUT2D eigenvalue weighted by Crippen LogP contribution is -2.21. The largest absolute Gasteiger partial charge is 0.350 e. The van der Waals surface area contributed by atoms with Crippen LogP contribution in [0.2, 0.25) is 0 Å². The number of imidazole rings is 1. The second kappa shape index (κ2) is 6.53. The zero-order chi connectivity index (χ0) is 19.1. The Morgan fingerprint density at radius 2 is 1.96 bits per heavy atom. The van der Waals surface area contributed by atoms with Crippen LogP contribution in [0.5, 0.6) is 0 Å². The van der Waals surface area contributed by atoms with Crippen molar-refractivity contribution in [2.45, 2.75) is 25.8 Å². The molecule has 1 atom stereocenters. The number of amides is 1. The van der Waals surface area contributed by atoms with E-state index in [2.05, 4.69) is 30.9 Å². The van der Waals surface area contributed by atoms with Crippen LogP contribution in [-0.2, 0) is 11.3 Å². The van der Waals surface area contributed by atoms with Crippen LogP contribution in [0.4, 0.5) is 0 Å². The Morgan fingerprint density at radius 3 is 2.75 bits per heavy atom. The monoisotopic (exact) mass is 370 g/mol. The van der Waals surface area contributed by atoms with Gasteiger partial charge in [-0.05, 0) is 36.2 Å². The van der Waals surface area contributed by atoms with Crippen molar-refractivity contribution in [1.29, 1.82) is 0 Å². The second-order valence-corrected chi connectivity index (χ2v) is 6.97. The summed E-state index contributed by atoms with van der Waals surface area (Å²) >= 11 is 0. The second-order valence-electron chi connectivity index (χ2n) is 6.97. The van der Waals surface area contributed by atoms with Crippen molar-refractivity contribution < 1.29 is 4.79 Å². The van der Waals surface area contributed by atoms with E-state index in [1.54, 1.807) is 18.6 Å². The van der Waals surface area contributed by atoms with Gasteiger partial charge in [0.1, 0.15) is 11.3 Å². The fourth-order valence-corrected chi connectivity index (χ4v) is 3.67. The van der Waals surface area contributed by atoms with Gasteiger partial charge in [-0.15, -0.1) is 0 Å². The van der Waals surface area contributed by atoms with Gasteiger partial charge in [0.15, 0.2) is 5.82 Å². The van der Waals surface area contributed by atoms with Gasteiger partial charge in [0.05, 0.1) is 17.9 Å². The number of nitrogens with zero attached hydrogens (tertiary/aromatic N) is 5. The summed E-state index contributed by atoms with van der Waals surface area (Å²) in [5.41, 5.74) is 5.53. The Hall–Kier alpha value is -3.61. The van der Waals surface area contributed by atoms with Gasteiger partial charge >= 0.3 is 0 Å². The number of rotatable bonds is 2. The molecular weight excluding hydrogens is 352 g/mol. The lowest BCUT2D eigenvalue weighted by Gasteiger charge is -2.15. The molecule has 5 heterocycles. The highest BCUT2D eigenvalue weighted by atomic mass is 16.1. The highest BCUT2D eigenvalue weighted by molar-refractivity contribution is 5.78. The third kappa shape index (κ3) is 2.81. The Morgan fingerprint density at radius 1 is 1.11 bits per heavy atom. The molecule has 138 valence electrons. The van der Waals surface area contributed by atoms with E-state index < -0.39 is 0 Å². The van der Waals surface area contributed by atoms with Crippen molar-refractivity contribution in [3.63, 3.8) is 0 Å². The van der Waals surface area contributed by atoms with Crippen molar-refractivity contribution in [2.24, 2.45) is 0 Å². The summed E-state index contributed by atoms with van der Waals surface area (Å²) in [6, 6.07) is 9.68. The number of carbonyl (C=O) groups is 1. The topological polar surface area (TPSA) is 85.1 Å². The maximum absolute atomic E-state index is 12.3. The lowest BCUT2D eigenvalue weighted by atomic mass is 9.93. The number of hydrogen-bond acceptors (Lipinski definition) is 5. The zero-order valence-electron chi connectivity index (χ0n) is 15.3. The molecule has 5 rings (SSSR count). The summed E-state index contributed by atoms with van der Waals surface area (Å²) in [4.78, 5) is 30.3. The van der Waals surface area contributed by atoms with E-state index in [4.69, 9.17) is 4.98 Å². The third-order valence-electron chi connectivity index (χ3n) is 5.02. The van der Waals surface area contributed by atoms with Crippen LogP contribution in [0, 0.1) is 6.92 Å². The van der Waals surface area contributed by atoms with E-state index in [0.717, 1.165) is 33.9 Å². The van der Waals surface area contributed by atoms with Crippen molar-refractivity contribution in [3.8, 4) is 11.5 Å². The molecule has 0 fully saturated rings. The summed E-state index contributed by atoms with van der Waals surface area (Å²) in [6.45, 7) is 2.48. The minimum atomic E-state index is -0.160. The maximum Gasteiger partial charge on any atom is 0.221 e.